The number of benzene rings is 1. The van der Waals surface area contributed by atoms with Crippen molar-refractivity contribution in [2.24, 2.45) is 5.92 Å². The Morgan fingerprint density at radius 3 is 2.89 bits per heavy atom. The molecule has 2 atom stereocenters. The molecule has 0 spiro atoms. The van der Waals surface area contributed by atoms with E-state index in [9.17, 15) is 9.90 Å². The normalized spacial score (nSPS) is 21.7. The number of fused-ring (bicyclic) bond motifs is 2. The lowest BCUT2D eigenvalue weighted by molar-refractivity contribution is 0.0739. The lowest BCUT2D eigenvalue weighted by atomic mass is 10.0. The van der Waals surface area contributed by atoms with E-state index in [0.717, 1.165) is 42.7 Å². The number of hydrogen-bond donors (Lipinski definition) is 3. The number of nitrogens with one attached hydrogen (secondary N) is 2. The Labute approximate surface area is 156 Å². The van der Waals surface area contributed by atoms with Crippen LogP contribution in [0.15, 0.2) is 30.3 Å². The number of H-pyrrole nitrogens is 1. The van der Waals surface area contributed by atoms with E-state index >= 15 is 0 Å². The number of phenols is 1. The van der Waals surface area contributed by atoms with Crippen molar-refractivity contribution < 1.29 is 9.90 Å². The van der Waals surface area contributed by atoms with Crippen molar-refractivity contribution in [3.05, 3.63) is 41.6 Å². The summed E-state index contributed by atoms with van der Waals surface area (Å²) < 4.78 is 0. The maximum absolute atomic E-state index is 13.5. The van der Waals surface area contributed by atoms with E-state index in [0.29, 0.717) is 22.8 Å². The topological polar surface area (TPSA) is 94.1 Å². The van der Waals surface area contributed by atoms with Crippen molar-refractivity contribution in [1.29, 1.82) is 0 Å². The number of aromatic hydroxyl groups is 1. The SMILES string of the molecule is Cc1[nH]nc2nc(-c3ccc(O)cc3)cc(C(=O)N3CCC4CNCC43)c12. The maximum Gasteiger partial charge on any atom is 0.255 e. The van der Waals surface area contributed by atoms with E-state index < -0.39 is 0 Å². The molecule has 3 aromatic rings. The number of pyridine rings is 1. The molecule has 3 N–H and O–H groups in total. The van der Waals surface area contributed by atoms with Gasteiger partial charge in [-0.15, -0.1) is 0 Å². The number of likely N-dealkylation sites (tertiary alicyclic amines) is 1. The molecule has 2 aliphatic rings. The second kappa shape index (κ2) is 6.06. The molecule has 5 rings (SSSR count). The van der Waals surface area contributed by atoms with E-state index in [2.05, 4.69) is 20.5 Å². The highest BCUT2D eigenvalue weighted by Crippen LogP contribution is 2.32. The van der Waals surface area contributed by atoms with Gasteiger partial charge in [-0.1, -0.05) is 0 Å². The zero-order valence-electron chi connectivity index (χ0n) is 15.1. The molecule has 2 aliphatic heterocycles. The van der Waals surface area contributed by atoms with Gasteiger partial charge in [0.25, 0.3) is 5.91 Å². The summed E-state index contributed by atoms with van der Waals surface area (Å²) in [4.78, 5) is 20.1. The molecule has 2 unspecified atom stereocenters. The number of aryl methyl sites for hydroxylation is 1. The van der Waals surface area contributed by atoms with E-state index in [4.69, 9.17) is 0 Å². The molecule has 0 aliphatic carbocycles. The number of hydrogen-bond acceptors (Lipinski definition) is 5. The van der Waals surface area contributed by atoms with Crippen molar-refractivity contribution in [2.45, 2.75) is 19.4 Å². The molecule has 0 bridgehead atoms. The Balaban J connectivity index is 1.62. The van der Waals surface area contributed by atoms with E-state index in [1.165, 1.54) is 0 Å². The summed E-state index contributed by atoms with van der Waals surface area (Å²) in [5, 5.41) is 21.0. The molecule has 138 valence electrons. The first-order valence-electron chi connectivity index (χ1n) is 9.28. The third-order valence-electron chi connectivity index (χ3n) is 5.80. The van der Waals surface area contributed by atoms with Crippen LogP contribution in [0.4, 0.5) is 0 Å². The first kappa shape index (κ1) is 16.3. The number of aromatic amines is 1. The lowest BCUT2D eigenvalue weighted by Crippen LogP contribution is -2.39. The van der Waals surface area contributed by atoms with Gasteiger partial charge in [-0.05, 0) is 49.6 Å². The average Bonchev–Trinajstić information content (AvgIpc) is 3.37. The van der Waals surface area contributed by atoms with Gasteiger partial charge in [-0.2, -0.15) is 5.10 Å². The van der Waals surface area contributed by atoms with E-state index in [1.54, 1.807) is 24.3 Å². The monoisotopic (exact) mass is 363 g/mol. The molecular weight excluding hydrogens is 342 g/mol. The summed E-state index contributed by atoms with van der Waals surface area (Å²) in [5.74, 6) is 0.792. The van der Waals surface area contributed by atoms with Crippen LogP contribution in [-0.2, 0) is 0 Å². The second-order valence-electron chi connectivity index (χ2n) is 7.42. The number of rotatable bonds is 2. The first-order chi connectivity index (χ1) is 13.1. The van der Waals surface area contributed by atoms with Gasteiger partial charge in [-0.3, -0.25) is 9.89 Å². The van der Waals surface area contributed by atoms with Crippen LogP contribution >= 0.6 is 0 Å². The second-order valence-corrected chi connectivity index (χ2v) is 7.42. The zero-order valence-corrected chi connectivity index (χ0v) is 15.1. The smallest absolute Gasteiger partial charge is 0.255 e. The van der Waals surface area contributed by atoms with Crippen molar-refractivity contribution in [1.82, 2.24) is 25.4 Å². The van der Waals surface area contributed by atoms with Crippen molar-refractivity contribution in [3.63, 3.8) is 0 Å². The molecule has 2 saturated heterocycles. The molecule has 0 radical (unpaired) electrons. The van der Waals surface area contributed by atoms with E-state index in [-0.39, 0.29) is 17.7 Å². The molecule has 1 aromatic carbocycles. The lowest BCUT2D eigenvalue weighted by Gasteiger charge is -2.24. The van der Waals surface area contributed by atoms with Gasteiger partial charge < -0.3 is 15.3 Å². The highest BCUT2D eigenvalue weighted by molar-refractivity contribution is 6.07. The van der Waals surface area contributed by atoms with Crippen LogP contribution < -0.4 is 5.32 Å². The Bertz CT molecular complexity index is 1030. The van der Waals surface area contributed by atoms with Crippen LogP contribution in [0.3, 0.4) is 0 Å². The number of phenolic OH excluding ortho intramolecular Hbond substituents is 1. The van der Waals surface area contributed by atoms with Crippen molar-refractivity contribution in [2.75, 3.05) is 19.6 Å². The number of nitrogens with zero attached hydrogens (tertiary/aromatic N) is 3. The van der Waals surface area contributed by atoms with Crippen LogP contribution in [0.1, 0.15) is 22.5 Å². The van der Waals surface area contributed by atoms with Gasteiger partial charge in [0.15, 0.2) is 5.65 Å². The maximum atomic E-state index is 13.5. The van der Waals surface area contributed by atoms with Gasteiger partial charge >= 0.3 is 0 Å². The summed E-state index contributed by atoms with van der Waals surface area (Å²) in [6.45, 7) is 4.56. The average molecular weight is 363 g/mol. The Morgan fingerprint density at radius 2 is 2.07 bits per heavy atom. The highest BCUT2D eigenvalue weighted by atomic mass is 16.3. The predicted octanol–water partition coefficient (Wildman–Crippen LogP) is 2.07. The minimum Gasteiger partial charge on any atom is -0.508 e. The predicted molar refractivity (Wildman–Crippen MR) is 102 cm³/mol. The summed E-state index contributed by atoms with van der Waals surface area (Å²) >= 11 is 0. The molecular formula is C20H21N5O2. The molecule has 0 saturated carbocycles. The van der Waals surface area contributed by atoms with Crippen LogP contribution in [0.5, 0.6) is 5.75 Å². The summed E-state index contributed by atoms with van der Waals surface area (Å²) in [6, 6.07) is 8.95. The molecule has 7 heteroatoms. The molecule has 7 nitrogen and oxygen atoms in total. The first-order valence-corrected chi connectivity index (χ1v) is 9.28. The molecule has 1 amide bonds. The quantitative estimate of drug-likeness (QED) is 0.648. The molecule has 2 fully saturated rings. The third-order valence-corrected chi connectivity index (χ3v) is 5.80. The standard InChI is InChI=1S/C20H21N5O2/c1-11-18-15(20(27)25-7-6-13-9-21-10-17(13)25)8-16(22-19(18)24-23-11)12-2-4-14(26)5-3-12/h2-5,8,13,17,21,26H,6-7,9-10H2,1H3,(H,22,23,24). The van der Waals surface area contributed by atoms with E-state index in [1.807, 2.05) is 17.9 Å². The third kappa shape index (κ3) is 2.57. The fourth-order valence-electron chi connectivity index (χ4n) is 4.38. The zero-order chi connectivity index (χ0) is 18.5. The fourth-order valence-corrected chi connectivity index (χ4v) is 4.38. The van der Waals surface area contributed by atoms with Gasteiger partial charge in [0.2, 0.25) is 0 Å². The summed E-state index contributed by atoms with van der Waals surface area (Å²) in [6.07, 6.45) is 1.05. The number of amides is 1. The summed E-state index contributed by atoms with van der Waals surface area (Å²) in [7, 11) is 0. The minimum atomic E-state index is 0.0446. The van der Waals surface area contributed by atoms with Crippen LogP contribution in [0.25, 0.3) is 22.3 Å². The van der Waals surface area contributed by atoms with Gasteiger partial charge in [0, 0.05) is 36.9 Å². The molecule has 4 heterocycles. The fraction of sp³-hybridized carbons (Fsp3) is 0.350. The Morgan fingerprint density at radius 1 is 1.26 bits per heavy atom. The van der Waals surface area contributed by atoms with Gasteiger partial charge in [-0.25, -0.2) is 4.98 Å². The summed E-state index contributed by atoms with van der Waals surface area (Å²) in [5.41, 5.74) is 3.55. The number of carbonyl (C=O) groups excluding carboxylic acids is 1. The Hall–Kier alpha value is -2.93. The largest absolute Gasteiger partial charge is 0.508 e. The molecule has 2 aromatic heterocycles. The minimum absolute atomic E-state index is 0.0446. The van der Waals surface area contributed by atoms with Gasteiger partial charge in [0.1, 0.15) is 5.75 Å². The van der Waals surface area contributed by atoms with Crippen LogP contribution in [-0.4, -0.2) is 56.8 Å². The van der Waals surface area contributed by atoms with Crippen molar-refractivity contribution >= 4 is 16.9 Å². The van der Waals surface area contributed by atoms with Gasteiger partial charge in [0.05, 0.1) is 16.6 Å². The number of aromatic nitrogens is 3. The van der Waals surface area contributed by atoms with Crippen molar-refractivity contribution in [3.8, 4) is 17.0 Å². The Kier molecular flexibility index (Phi) is 3.65. The molecule has 27 heavy (non-hydrogen) atoms. The van der Waals surface area contributed by atoms with Crippen LogP contribution in [0.2, 0.25) is 0 Å². The number of carbonyl (C=O) groups is 1. The highest BCUT2D eigenvalue weighted by Gasteiger charge is 2.40. The van der Waals surface area contributed by atoms with Crippen LogP contribution in [0, 0.1) is 12.8 Å².